The molecule has 2 rings (SSSR count). The smallest absolute Gasteiger partial charge is 0.344 e. The van der Waals surface area contributed by atoms with Gasteiger partial charge in [0.05, 0.1) is 4.90 Å². The molecule has 1 amide bonds. The van der Waals surface area contributed by atoms with Crippen LogP contribution in [0.2, 0.25) is 0 Å². The largest absolute Gasteiger partial charge is 0.482 e. The Bertz CT molecular complexity index is 985. The van der Waals surface area contributed by atoms with Crippen molar-refractivity contribution < 1.29 is 27.5 Å². The van der Waals surface area contributed by atoms with Gasteiger partial charge in [0.2, 0.25) is 10.0 Å². The van der Waals surface area contributed by atoms with Crippen LogP contribution in [0.5, 0.6) is 5.75 Å². The van der Waals surface area contributed by atoms with E-state index in [1.54, 1.807) is 0 Å². The van der Waals surface area contributed by atoms with Crippen LogP contribution in [-0.2, 0) is 24.3 Å². The minimum atomic E-state index is -3.81. The van der Waals surface area contributed by atoms with E-state index in [-0.39, 0.29) is 17.4 Å². The normalized spacial score (nSPS) is 11.2. The van der Waals surface area contributed by atoms with Gasteiger partial charge in [0.25, 0.3) is 5.91 Å². The number of rotatable bonds is 8. The summed E-state index contributed by atoms with van der Waals surface area (Å²) in [6.45, 7) is 5.16. The number of primary sulfonamides is 1. The highest BCUT2D eigenvalue weighted by molar-refractivity contribution is 7.89. The third-order valence-electron chi connectivity index (χ3n) is 3.97. The molecule has 0 spiro atoms. The summed E-state index contributed by atoms with van der Waals surface area (Å²) in [6.07, 6.45) is 0. The summed E-state index contributed by atoms with van der Waals surface area (Å²) in [6, 6.07) is 11.1. The number of anilines is 1. The van der Waals surface area contributed by atoms with Crippen LogP contribution >= 0.6 is 0 Å². The summed E-state index contributed by atoms with van der Waals surface area (Å²) < 4.78 is 32.9. The monoisotopic (exact) mass is 420 g/mol. The molecule has 9 heteroatoms. The molecule has 0 aromatic heterocycles. The molecular weight excluding hydrogens is 396 g/mol. The molecule has 0 unspecified atom stereocenters. The minimum Gasteiger partial charge on any atom is -0.482 e. The van der Waals surface area contributed by atoms with E-state index in [1.807, 2.05) is 39.0 Å². The maximum atomic E-state index is 11.9. The fourth-order valence-corrected chi connectivity index (χ4v) is 3.01. The summed E-state index contributed by atoms with van der Waals surface area (Å²) in [5, 5.41) is 7.50. The Kier molecular flexibility index (Phi) is 7.35. The van der Waals surface area contributed by atoms with E-state index in [0.717, 1.165) is 11.1 Å². The van der Waals surface area contributed by atoms with Crippen molar-refractivity contribution in [2.45, 2.75) is 31.6 Å². The topological polar surface area (TPSA) is 125 Å². The summed E-state index contributed by atoms with van der Waals surface area (Å²) in [4.78, 5) is 23.7. The minimum absolute atomic E-state index is 0.0732. The van der Waals surface area contributed by atoms with Crippen molar-refractivity contribution in [3.63, 3.8) is 0 Å². The standard InChI is InChI=1S/C20H24N2O6S/c1-13(2)17-9-4-14(3)10-18(17)27-12-20(24)28-11-19(23)22-15-5-7-16(8-6-15)29(21,25)26/h4-10,13H,11-12H2,1-3H3,(H,22,23)(H2,21,25,26). The zero-order chi connectivity index (χ0) is 21.6. The molecule has 8 nitrogen and oxygen atoms in total. The molecule has 29 heavy (non-hydrogen) atoms. The number of aryl methyl sites for hydroxylation is 1. The molecule has 0 aliphatic heterocycles. The zero-order valence-corrected chi connectivity index (χ0v) is 17.3. The lowest BCUT2D eigenvalue weighted by molar-refractivity contribution is -0.149. The van der Waals surface area contributed by atoms with E-state index in [0.29, 0.717) is 11.4 Å². The van der Waals surface area contributed by atoms with Gasteiger partial charge < -0.3 is 14.8 Å². The van der Waals surface area contributed by atoms with Crippen molar-refractivity contribution in [3.8, 4) is 5.75 Å². The van der Waals surface area contributed by atoms with Gasteiger partial charge in [-0.2, -0.15) is 0 Å². The molecule has 3 N–H and O–H groups in total. The molecule has 0 aliphatic rings. The summed E-state index contributed by atoms with van der Waals surface area (Å²) >= 11 is 0. The number of hydrogen-bond acceptors (Lipinski definition) is 6. The quantitative estimate of drug-likeness (QED) is 0.632. The van der Waals surface area contributed by atoms with Crippen molar-refractivity contribution in [2.24, 2.45) is 5.14 Å². The van der Waals surface area contributed by atoms with Crippen LogP contribution in [-0.4, -0.2) is 33.5 Å². The number of sulfonamides is 1. The molecule has 0 bridgehead atoms. The average Bonchev–Trinajstić information content (AvgIpc) is 2.64. The van der Waals surface area contributed by atoms with Gasteiger partial charge in [-0.1, -0.05) is 26.0 Å². The van der Waals surface area contributed by atoms with E-state index in [4.69, 9.17) is 14.6 Å². The van der Waals surface area contributed by atoms with Gasteiger partial charge in [-0.15, -0.1) is 0 Å². The fraction of sp³-hybridized carbons (Fsp3) is 0.300. The number of carbonyl (C=O) groups is 2. The summed E-state index contributed by atoms with van der Waals surface area (Å²) in [5.41, 5.74) is 2.32. The third-order valence-corrected chi connectivity index (χ3v) is 4.90. The third kappa shape index (κ3) is 6.88. The second-order valence-corrected chi connectivity index (χ2v) is 8.32. The van der Waals surface area contributed by atoms with Gasteiger partial charge >= 0.3 is 5.97 Å². The van der Waals surface area contributed by atoms with Crippen molar-refractivity contribution in [3.05, 3.63) is 53.6 Å². The highest BCUT2D eigenvalue weighted by Crippen LogP contribution is 2.27. The van der Waals surface area contributed by atoms with Crippen LogP contribution in [0.25, 0.3) is 0 Å². The highest BCUT2D eigenvalue weighted by Gasteiger charge is 2.13. The zero-order valence-electron chi connectivity index (χ0n) is 16.5. The molecule has 0 aliphatic carbocycles. The average molecular weight is 420 g/mol. The Labute approximate surface area is 170 Å². The Morgan fingerprint density at radius 1 is 1.07 bits per heavy atom. The van der Waals surface area contributed by atoms with Gasteiger partial charge in [0.15, 0.2) is 13.2 Å². The van der Waals surface area contributed by atoms with Crippen LogP contribution in [0.3, 0.4) is 0 Å². The lowest BCUT2D eigenvalue weighted by Gasteiger charge is -2.14. The van der Waals surface area contributed by atoms with E-state index >= 15 is 0 Å². The van der Waals surface area contributed by atoms with Crippen LogP contribution in [0.1, 0.15) is 30.9 Å². The van der Waals surface area contributed by atoms with Crippen molar-refractivity contribution in [2.75, 3.05) is 18.5 Å². The van der Waals surface area contributed by atoms with Gasteiger partial charge in [-0.25, -0.2) is 18.4 Å². The van der Waals surface area contributed by atoms with Crippen molar-refractivity contribution in [1.29, 1.82) is 0 Å². The number of nitrogens with one attached hydrogen (secondary N) is 1. The SMILES string of the molecule is Cc1ccc(C(C)C)c(OCC(=O)OCC(=O)Nc2ccc(S(N)(=O)=O)cc2)c1. The fourth-order valence-electron chi connectivity index (χ4n) is 2.49. The van der Waals surface area contributed by atoms with E-state index in [2.05, 4.69) is 5.32 Å². The van der Waals surface area contributed by atoms with Crippen LogP contribution in [0, 0.1) is 6.92 Å². The van der Waals surface area contributed by atoms with Gasteiger partial charge in [0, 0.05) is 5.69 Å². The first kappa shape index (κ1) is 22.4. The van der Waals surface area contributed by atoms with Crippen LogP contribution < -0.4 is 15.2 Å². The number of hydrogen-bond donors (Lipinski definition) is 2. The van der Waals surface area contributed by atoms with E-state index in [1.165, 1.54) is 24.3 Å². The molecule has 0 saturated carbocycles. The number of nitrogens with two attached hydrogens (primary N) is 1. The second kappa shape index (κ2) is 9.53. The first-order valence-electron chi connectivity index (χ1n) is 8.88. The maximum absolute atomic E-state index is 11.9. The Hall–Kier alpha value is -2.91. The summed E-state index contributed by atoms with van der Waals surface area (Å²) in [7, 11) is -3.81. The Balaban J connectivity index is 1.83. The number of benzene rings is 2. The predicted octanol–water partition coefficient (Wildman–Crippen LogP) is 2.33. The highest BCUT2D eigenvalue weighted by atomic mass is 32.2. The molecule has 0 fully saturated rings. The predicted molar refractivity (Wildman–Crippen MR) is 108 cm³/mol. The number of amides is 1. The lowest BCUT2D eigenvalue weighted by Crippen LogP contribution is -2.24. The molecule has 2 aromatic rings. The Morgan fingerprint density at radius 3 is 2.31 bits per heavy atom. The molecule has 0 atom stereocenters. The van der Waals surface area contributed by atoms with Crippen LogP contribution in [0.15, 0.2) is 47.4 Å². The molecule has 2 aromatic carbocycles. The van der Waals surface area contributed by atoms with Crippen molar-refractivity contribution >= 4 is 27.6 Å². The number of ether oxygens (including phenoxy) is 2. The number of carbonyl (C=O) groups excluding carboxylic acids is 2. The molecule has 0 heterocycles. The second-order valence-electron chi connectivity index (χ2n) is 6.76. The molecular formula is C20H24N2O6S. The first-order valence-corrected chi connectivity index (χ1v) is 10.4. The van der Waals surface area contributed by atoms with E-state index < -0.39 is 28.5 Å². The molecule has 0 radical (unpaired) electrons. The Morgan fingerprint density at radius 2 is 1.72 bits per heavy atom. The van der Waals surface area contributed by atoms with Crippen molar-refractivity contribution in [1.82, 2.24) is 0 Å². The first-order chi connectivity index (χ1) is 13.6. The number of esters is 1. The molecule has 0 saturated heterocycles. The maximum Gasteiger partial charge on any atom is 0.344 e. The molecule has 156 valence electrons. The van der Waals surface area contributed by atoms with Crippen LogP contribution in [0.4, 0.5) is 5.69 Å². The van der Waals surface area contributed by atoms with Gasteiger partial charge in [0.1, 0.15) is 5.75 Å². The van der Waals surface area contributed by atoms with E-state index in [9.17, 15) is 18.0 Å². The lowest BCUT2D eigenvalue weighted by atomic mass is 10.0. The van der Waals surface area contributed by atoms with Gasteiger partial charge in [-0.3, -0.25) is 4.79 Å². The summed E-state index contributed by atoms with van der Waals surface area (Å²) in [5.74, 6) is -0.412. The van der Waals surface area contributed by atoms with Gasteiger partial charge in [-0.05, 0) is 54.3 Å².